The van der Waals surface area contributed by atoms with Crippen LogP contribution in [0.15, 0.2) is 103 Å². The molecule has 0 saturated carbocycles. The number of hydrogen-bond acceptors (Lipinski definition) is 10. The van der Waals surface area contributed by atoms with Crippen molar-refractivity contribution >= 4 is 35.6 Å². The van der Waals surface area contributed by atoms with Crippen LogP contribution < -0.4 is 24.8 Å². The zero-order valence-corrected chi connectivity index (χ0v) is 33.9. The molecule has 2 aliphatic heterocycles. The molecule has 2 amide bonds. The molecule has 0 unspecified atom stereocenters. The van der Waals surface area contributed by atoms with Gasteiger partial charge in [-0.1, -0.05) is 74.4 Å². The molecule has 3 aromatic rings. The normalized spacial score (nSPS) is 13.6. The number of esters is 3. The number of rotatable bonds is 20. The predicted molar refractivity (Wildman–Crippen MR) is 224 cm³/mol. The highest BCUT2D eigenvalue weighted by atomic mass is 16.6. The molecule has 0 atom stereocenters. The number of ether oxygens (including phenoxy) is 5. The van der Waals surface area contributed by atoms with E-state index in [4.69, 9.17) is 23.7 Å². The van der Waals surface area contributed by atoms with Crippen molar-refractivity contribution < 1.29 is 47.7 Å². The van der Waals surface area contributed by atoms with Gasteiger partial charge in [0.15, 0.2) is 5.60 Å². The summed E-state index contributed by atoms with van der Waals surface area (Å²) >= 11 is 0. The molecule has 12 nitrogen and oxygen atoms in total. The smallest absolute Gasteiger partial charge is 0.411 e. The summed E-state index contributed by atoms with van der Waals surface area (Å²) in [5.41, 5.74) is 0.390. The number of anilines is 1. The number of unbranched alkanes of at least 4 members (excludes halogenated alkanes) is 4. The van der Waals surface area contributed by atoms with E-state index in [1.54, 1.807) is 36.4 Å². The zero-order chi connectivity index (χ0) is 42.0. The Morgan fingerprint density at radius 1 is 0.695 bits per heavy atom. The Morgan fingerprint density at radius 3 is 1.83 bits per heavy atom. The fraction of sp³-hybridized carbons (Fsp3) is 0.340. The van der Waals surface area contributed by atoms with Gasteiger partial charge >= 0.3 is 24.0 Å². The summed E-state index contributed by atoms with van der Waals surface area (Å²) in [5, 5.41) is 5.39. The Balaban J connectivity index is 1.07. The van der Waals surface area contributed by atoms with Crippen LogP contribution in [-0.4, -0.2) is 43.1 Å². The maximum atomic E-state index is 13.5. The van der Waals surface area contributed by atoms with Crippen LogP contribution >= 0.6 is 0 Å². The van der Waals surface area contributed by atoms with Gasteiger partial charge in [0.05, 0.1) is 12.1 Å². The third kappa shape index (κ3) is 12.3. The van der Waals surface area contributed by atoms with E-state index in [2.05, 4.69) is 66.2 Å². The Hall–Kier alpha value is -6.43. The molecule has 0 fully saturated rings. The van der Waals surface area contributed by atoms with Crippen LogP contribution in [-0.2, 0) is 29.5 Å². The number of allylic oxidation sites excluding steroid dienone is 8. The minimum absolute atomic E-state index is 0.0525. The van der Waals surface area contributed by atoms with E-state index in [0.29, 0.717) is 29.5 Å². The van der Waals surface area contributed by atoms with Crippen LogP contribution in [0.3, 0.4) is 0 Å². The monoisotopic (exact) mass is 804 g/mol. The second-order valence-corrected chi connectivity index (χ2v) is 14.0. The maximum Gasteiger partial charge on any atom is 0.411 e. The molecule has 0 bridgehead atoms. The molecule has 59 heavy (non-hydrogen) atoms. The van der Waals surface area contributed by atoms with Gasteiger partial charge in [0.25, 0.3) is 0 Å². The topological polar surface area (TPSA) is 156 Å². The maximum absolute atomic E-state index is 13.5. The molecule has 5 rings (SSSR count). The Morgan fingerprint density at radius 2 is 1.25 bits per heavy atom. The number of carbonyl (C=O) groups excluding carboxylic acids is 5. The quantitative estimate of drug-likeness (QED) is 0.0488. The molecular formula is C47H52N2O10. The molecule has 0 aromatic heterocycles. The number of amides is 2. The standard InChI is InChI=1S/C47H52N2O10/c1-4-5-6-7-8-9-10-11-12-13-14-15-16-17-18-19-20-21-44(52)48-28-29-55-46(54)49-35-22-25-39-38(30-35)45(53)59-47(39)40-26-23-36(56-33(2)50)31-42(40)58-43-32-37(57-34(3)51)24-27-41(43)47/h8-9,11-12,14-15,17-18,22-27,30-32H,4-7,10,13,16,19-21,28-29H2,1-3H3,(H,48,52)(H,49,54)/b9-8-,12-11-,15-14-,18-17-. The lowest BCUT2D eigenvalue weighted by atomic mass is 9.77. The van der Waals surface area contributed by atoms with Crippen LogP contribution in [0.1, 0.15) is 112 Å². The minimum atomic E-state index is -1.48. The molecule has 0 saturated heterocycles. The van der Waals surface area contributed by atoms with Crippen LogP contribution in [0.4, 0.5) is 10.5 Å². The van der Waals surface area contributed by atoms with Crippen LogP contribution in [0.25, 0.3) is 0 Å². The van der Waals surface area contributed by atoms with Crippen LogP contribution in [0.5, 0.6) is 23.0 Å². The lowest BCUT2D eigenvalue weighted by molar-refractivity contribution is -0.132. The summed E-state index contributed by atoms with van der Waals surface area (Å²) in [5.74, 6) is -0.913. The van der Waals surface area contributed by atoms with E-state index in [9.17, 15) is 24.0 Å². The van der Waals surface area contributed by atoms with Crippen molar-refractivity contribution in [3.63, 3.8) is 0 Å². The van der Waals surface area contributed by atoms with E-state index >= 15 is 0 Å². The number of carbonyl (C=O) groups is 5. The molecular weight excluding hydrogens is 753 g/mol. The number of fused-ring (bicyclic) bond motifs is 6. The van der Waals surface area contributed by atoms with Gasteiger partial charge < -0.3 is 29.0 Å². The highest BCUT2D eigenvalue weighted by molar-refractivity contribution is 5.99. The summed E-state index contributed by atoms with van der Waals surface area (Å²) in [7, 11) is 0. The summed E-state index contributed by atoms with van der Waals surface area (Å²) in [6.07, 6.45) is 26.2. The second-order valence-electron chi connectivity index (χ2n) is 14.0. The first-order valence-electron chi connectivity index (χ1n) is 20.1. The van der Waals surface area contributed by atoms with Gasteiger partial charge in [-0.05, 0) is 81.3 Å². The second kappa shape index (κ2) is 21.9. The fourth-order valence-corrected chi connectivity index (χ4v) is 6.74. The first-order chi connectivity index (χ1) is 28.6. The van der Waals surface area contributed by atoms with Gasteiger partial charge in [-0.15, -0.1) is 0 Å². The first kappa shape index (κ1) is 43.7. The molecule has 1 spiro atoms. The lowest BCUT2D eigenvalue weighted by Gasteiger charge is -2.36. The van der Waals surface area contributed by atoms with Gasteiger partial charge in [-0.2, -0.15) is 0 Å². The minimum Gasteiger partial charge on any atom is -0.456 e. The van der Waals surface area contributed by atoms with E-state index in [1.807, 2.05) is 0 Å². The highest BCUT2D eigenvalue weighted by Crippen LogP contribution is 2.57. The van der Waals surface area contributed by atoms with Crippen molar-refractivity contribution in [2.24, 2.45) is 0 Å². The molecule has 2 heterocycles. The van der Waals surface area contributed by atoms with Gasteiger partial charge in [0.2, 0.25) is 5.91 Å². The van der Waals surface area contributed by atoms with E-state index in [1.165, 1.54) is 57.7 Å². The summed E-state index contributed by atoms with van der Waals surface area (Å²) in [6, 6.07) is 14.2. The Kier molecular flexibility index (Phi) is 16.2. The van der Waals surface area contributed by atoms with Gasteiger partial charge in [0.1, 0.15) is 29.6 Å². The number of benzene rings is 3. The van der Waals surface area contributed by atoms with E-state index < -0.39 is 29.6 Å². The van der Waals surface area contributed by atoms with Crippen molar-refractivity contribution in [1.82, 2.24) is 5.32 Å². The van der Waals surface area contributed by atoms with E-state index in [-0.39, 0.29) is 53.3 Å². The fourth-order valence-electron chi connectivity index (χ4n) is 6.74. The largest absolute Gasteiger partial charge is 0.456 e. The third-order valence-corrected chi connectivity index (χ3v) is 9.41. The SMILES string of the molecule is CCCCC/C=C\C/C=C\C/C=C\C/C=C\CCCC(=O)NCCOC(=O)Nc1ccc2c(c1)C(=O)OC21c2ccc(OC(C)=O)cc2Oc2cc(OC(C)=O)ccc21. The van der Waals surface area contributed by atoms with Crippen LogP contribution in [0, 0.1) is 0 Å². The predicted octanol–water partition coefficient (Wildman–Crippen LogP) is 9.92. The molecule has 3 aromatic carbocycles. The van der Waals surface area contributed by atoms with E-state index in [0.717, 1.165) is 25.7 Å². The molecule has 0 radical (unpaired) electrons. The zero-order valence-electron chi connectivity index (χ0n) is 33.9. The average Bonchev–Trinajstić information content (AvgIpc) is 3.48. The van der Waals surface area contributed by atoms with Gasteiger partial charge in [-0.3, -0.25) is 19.7 Å². The van der Waals surface area contributed by atoms with Crippen LogP contribution in [0.2, 0.25) is 0 Å². The molecule has 0 aliphatic carbocycles. The Labute approximate surface area is 345 Å². The van der Waals surface area contributed by atoms with Crippen molar-refractivity contribution in [2.75, 3.05) is 18.5 Å². The van der Waals surface area contributed by atoms with Crippen molar-refractivity contribution in [1.29, 1.82) is 0 Å². The van der Waals surface area contributed by atoms with Crippen molar-refractivity contribution in [2.45, 2.75) is 90.6 Å². The van der Waals surface area contributed by atoms with Gasteiger partial charge in [0, 0.05) is 54.8 Å². The molecule has 2 N–H and O–H groups in total. The molecule has 2 aliphatic rings. The van der Waals surface area contributed by atoms with Crippen molar-refractivity contribution in [3.05, 3.63) is 125 Å². The summed E-state index contributed by atoms with van der Waals surface area (Å²) in [6.45, 7) is 4.86. The summed E-state index contributed by atoms with van der Waals surface area (Å²) in [4.78, 5) is 61.8. The third-order valence-electron chi connectivity index (χ3n) is 9.41. The molecule has 310 valence electrons. The average molecular weight is 805 g/mol. The molecule has 12 heteroatoms. The van der Waals surface area contributed by atoms with Crippen molar-refractivity contribution in [3.8, 4) is 23.0 Å². The first-order valence-corrected chi connectivity index (χ1v) is 20.1. The highest BCUT2D eigenvalue weighted by Gasteiger charge is 2.53. The Bertz CT molecular complexity index is 2050. The number of hydrogen-bond donors (Lipinski definition) is 2. The van der Waals surface area contributed by atoms with Gasteiger partial charge in [-0.25, -0.2) is 9.59 Å². The lowest BCUT2D eigenvalue weighted by Crippen LogP contribution is -2.33. The summed E-state index contributed by atoms with van der Waals surface area (Å²) < 4.78 is 28.2. The number of nitrogens with one attached hydrogen (secondary N) is 2.